The van der Waals surface area contributed by atoms with Crippen LogP contribution in [0.3, 0.4) is 0 Å². The SMILES string of the molecule is NC1CCCC1Nc1cncc2nnnn12. The zero-order chi connectivity index (χ0) is 11.0. The Balaban J connectivity index is 1.91. The Hall–Kier alpha value is -1.76. The number of rotatable bonds is 2. The van der Waals surface area contributed by atoms with E-state index < -0.39 is 0 Å². The molecule has 7 heteroatoms. The van der Waals surface area contributed by atoms with Crippen molar-refractivity contribution in [1.82, 2.24) is 25.0 Å². The second-order valence-electron chi connectivity index (χ2n) is 4.09. The van der Waals surface area contributed by atoms with E-state index in [1.165, 1.54) is 0 Å². The van der Waals surface area contributed by atoms with Gasteiger partial charge in [0, 0.05) is 12.1 Å². The van der Waals surface area contributed by atoms with Crippen molar-refractivity contribution in [3.05, 3.63) is 12.4 Å². The van der Waals surface area contributed by atoms with Gasteiger partial charge >= 0.3 is 0 Å². The molecule has 2 heterocycles. The highest BCUT2D eigenvalue weighted by Crippen LogP contribution is 2.21. The first-order valence-corrected chi connectivity index (χ1v) is 5.39. The van der Waals surface area contributed by atoms with Crippen LogP contribution in [0.1, 0.15) is 19.3 Å². The Bertz CT molecular complexity index is 493. The molecule has 1 fully saturated rings. The predicted molar refractivity (Wildman–Crippen MR) is 57.8 cm³/mol. The lowest BCUT2D eigenvalue weighted by Crippen LogP contribution is -2.35. The molecule has 1 aliphatic rings. The summed E-state index contributed by atoms with van der Waals surface area (Å²) < 4.78 is 1.64. The molecule has 0 aromatic carbocycles. The lowest BCUT2D eigenvalue weighted by molar-refractivity contribution is 0.631. The zero-order valence-corrected chi connectivity index (χ0v) is 8.74. The first-order valence-electron chi connectivity index (χ1n) is 5.39. The standard InChI is InChI=1S/C9H13N7/c10-6-2-1-3-7(6)12-8-4-11-5-9-13-14-15-16(8)9/h4-7,12H,1-3,10H2. The summed E-state index contributed by atoms with van der Waals surface area (Å²) in [7, 11) is 0. The van der Waals surface area contributed by atoms with Crippen LogP contribution in [0.2, 0.25) is 0 Å². The van der Waals surface area contributed by atoms with Crippen LogP contribution >= 0.6 is 0 Å². The number of tetrazole rings is 1. The van der Waals surface area contributed by atoms with Gasteiger partial charge in [0.05, 0.1) is 12.4 Å². The first kappa shape index (κ1) is 9.46. The maximum absolute atomic E-state index is 6.00. The van der Waals surface area contributed by atoms with E-state index in [1.807, 2.05) is 0 Å². The van der Waals surface area contributed by atoms with Crippen molar-refractivity contribution in [3.8, 4) is 0 Å². The lowest BCUT2D eigenvalue weighted by atomic mass is 10.2. The number of anilines is 1. The van der Waals surface area contributed by atoms with Crippen molar-refractivity contribution in [3.63, 3.8) is 0 Å². The fraction of sp³-hybridized carbons (Fsp3) is 0.556. The number of fused-ring (bicyclic) bond motifs is 1. The Kier molecular flexibility index (Phi) is 2.17. The number of hydrogen-bond donors (Lipinski definition) is 2. The molecule has 2 aromatic rings. The van der Waals surface area contributed by atoms with Crippen molar-refractivity contribution >= 4 is 11.5 Å². The molecule has 7 nitrogen and oxygen atoms in total. The van der Waals surface area contributed by atoms with Crippen LogP contribution in [0.4, 0.5) is 5.82 Å². The molecule has 84 valence electrons. The highest BCUT2D eigenvalue weighted by Gasteiger charge is 2.24. The second kappa shape index (κ2) is 3.67. The summed E-state index contributed by atoms with van der Waals surface area (Å²) >= 11 is 0. The molecule has 1 aliphatic carbocycles. The van der Waals surface area contributed by atoms with E-state index in [9.17, 15) is 0 Å². The number of nitrogens with one attached hydrogen (secondary N) is 1. The van der Waals surface area contributed by atoms with Gasteiger partial charge in [-0.25, -0.2) is 0 Å². The van der Waals surface area contributed by atoms with Crippen molar-refractivity contribution < 1.29 is 0 Å². The predicted octanol–water partition coefficient (Wildman–Crippen LogP) is -0.189. The zero-order valence-electron chi connectivity index (χ0n) is 8.74. The van der Waals surface area contributed by atoms with Gasteiger partial charge in [0.2, 0.25) is 0 Å². The lowest BCUT2D eigenvalue weighted by Gasteiger charge is -2.18. The summed E-state index contributed by atoms with van der Waals surface area (Å²) in [6.45, 7) is 0. The average molecular weight is 219 g/mol. The largest absolute Gasteiger partial charge is 0.364 e. The maximum Gasteiger partial charge on any atom is 0.199 e. The molecule has 0 aliphatic heterocycles. The highest BCUT2D eigenvalue weighted by atomic mass is 15.5. The fourth-order valence-electron chi connectivity index (χ4n) is 2.13. The van der Waals surface area contributed by atoms with Crippen LogP contribution in [0.25, 0.3) is 5.65 Å². The number of nitrogens with two attached hydrogens (primary N) is 1. The van der Waals surface area contributed by atoms with Crippen LogP contribution in [-0.4, -0.2) is 37.1 Å². The molecule has 0 spiro atoms. The minimum absolute atomic E-state index is 0.201. The minimum atomic E-state index is 0.201. The topological polar surface area (TPSA) is 94.0 Å². The minimum Gasteiger partial charge on any atom is -0.364 e. The number of nitrogens with zero attached hydrogens (tertiary/aromatic N) is 5. The summed E-state index contributed by atoms with van der Waals surface area (Å²) in [5, 5.41) is 14.7. The molecule has 2 unspecified atom stereocenters. The van der Waals surface area contributed by atoms with Gasteiger partial charge in [0.1, 0.15) is 0 Å². The van der Waals surface area contributed by atoms with Crippen molar-refractivity contribution in [2.75, 3.05) is 5.32 Å². The third-order valence-electron chi connectivity index (χ3n) is 3.01. The van der Waals surface area contributed by atoms with Gasteiger partial charge in [-0.3, -0.25) is 4.98 Å². The molecule has 0 radical (unpaired) electrons. The Morgan fingerprint density at radius 2 is 2.31 bits per heavy atom. The van der Waals surface area contributed by atoms with E-state index in [1.54, 1.807) is 16.9 Å². The summed E-state index contributed by atoms with van der Waals surface area (Å²) in [6, 6.07) is 0.489. The average Bonchev–Trinajstić information content (AvgIpc) is 2.89. The Morgan fingerprint density at radius 3 is 3.12 bits per heavy atom. The number of hydrogen-bond acceptors (Lipinski definition) is 6. The van der Waals surface area contributed by atoms with Gasteiger partial charge in [0.15, 0.2) is 11.5 Å². The van der Waals surface area contributed by atoms with Crippen molar-refractivity contribution in [1.29, 1.82) is 0 Å². The first-order chi connectivity index (χ1) is 7.84. The molecule has 3 rings (SSSR count). The molecule has 1 saturated carbocycles. The van der Waals surface area contributed by atoms with Gasteiger partial charge < -0.3 is 11.1 Å². The normalized spacial score (nSPS) is 25.1. The van der Waals surface area contributed by atoms with Crippen LogP contribution in [0, 0.1) is 0 Å². The summed E-state index contributed by atoms with van der Waals surface area (Å²) in [6.07, 6.45) is 6.66. The van der Waals surface area contributed by atoms with E-state index in [0.717, 1.165) is 25.1 Å². The van der Waals surface area contributed by atoms with Crippen LogP contribution in [0.5, 0.6) is 0 Å². The van der Waals surface area contributed by atoms with Crippen LogP contribution < -0.4 is 11.1 Å². The smallest absolute Gasteiger partial charge is 0.199 e. The van der Waals surface area contributed by atoms with Crippen molar-refractivity contribution in [2.45, 2.75) is 31.3 Å². The van der Waals surface area contributed by atoms with Crippen LogP contribution in [0.15, 0.2) is 12.4 Å². The Labute approximate surface area is 92.0 Å². The van der Waals surface area contributed by atoms with Gasteiger partial charge in [-0.1, -0.05) is 0 Å². The molecular weight excluding hydrogens is 206 g/mol. The fourth-order valence-corrected chi connectivity index (χ4v) is 2.13. The van der Waals surface area contributed by atoms with Crippen molar-refractivity contribution in [2.24, 2.45) is 5.73 Å². The van der Waals surface area contributed by atoms with E-state index >= 15 is 0 Å². The monoisotopic (exact) mass is 219 g/mol. The molecule has 0 bridgehead atoms. The molecular formula is C9H13N7. The van der Waals surface area contributed by atoms with Gasteiger partial charge in [0.25, 0.3) is 0 Å². The maximum atomic E-state index is 6.00. The summed E-state index contributed by atoms with van der Waals surface area (Å²) in [4.78, 5) is 4.09. The third kappa shape index (κ3) is 1.49. The van der Waals surface area contributed by atoms with E-state index in [2.05, 4.69) is 25.8 Å². The summed E-state index contributed by atoms with van der Waals surface area (Å²) in [5.41, 5.74) is 6.64. The quantitative estimate of drug-likeness (QED) is 0.727. The van der Waals surface area contributed by atoms with Crippen LogP contribution in [-0.2, 0) is 0 Å². The highest BCUT2D eigenvalue weighted by molar-refractivity contribution is 5.44. The molecule has 0 saturated heterocycles. The van der Waals surface area contributed by atoms with Gasteiger partial charge in [-0.05, 0) is 29.7 Å². The molecule has 2 aromatic heterocycles. The molecule has 3 N–H and O–H groups in total. The Morgan fingerprint density at radius 1 is 1.38 bits per heavy atom. The summed E-state index contributed by atoms with van der Waals surface area (Å²) in [5.74, 6) is 0.796. The van der Waals surface area contributed by atoms with Gasteiger partial charge in [-0.15, -0.1) is 5.10 Å². The molecule has 2 atom stereocenters. The second-order valence-corrected chi connectivity index (χ2v) is 4.09. The molecule has 16 heavy (non-hydrogen) atoms. The third-order valence-corrected chi connectivity index (χ3v) is 3.01. The van der Waals surface area contributed by atoms with E-state index in [0.29, 0.717) is 5.65 Å². The van der Waals surface area contributed by atoms with E-state index in [-0.39, 0.29) is 12.1 Å². The molecule has 0 amide bonds. The van der Waals surface area contributed by atoms with Gasteiger partial charge in [-0.2, -0.15) is 4.52 Å². The number of aromatic nitrogens is 5. The van der Waals surface area contributed by atoms with E-state index in [4.69, 9.17) is 5.73 Å².